The minimum Gasteiger partial charge on any atom is -0.426 e. The van der Waals surface area contributed by atoms with E-state index in [1.165, 1.54) is 32.1 Å². The second-order valence-corrected chi connectivity index (χ2v) is 9.08. The van der Waals surface area contributed by atoms with Gasteiger partial charge in [0.1, 0.15) is 11.5 Å². The highest BCUT2D eigenvalue weighted by Crippen LogP contribution is 2.35. The second-order valence-electron chi connectivity index (χ2n) is 9.08. The lowest BCUT2D eigenvalue weighted by Gasteiger charge is -2.18. The van der Waals surface area contributed by atoms with Crippen LogP contribution in [0, 0.1) is 17.8 Å². The highest BCUT2D eigenvalue weighted by atomic mass is 16.5. The molecule has 1 saturated carbocycles. The Balaban J connectivity index is 1.96. The van der Waals surface area contributed by atoms with Crippen LogP contribution in [0.3, 0.4) is 0 Å². The molecule has 0 radical (unpaired) electrons. The summed E-state index contributed by atoms with van der Waals surface area (Å²) >= 11 is 0. The molecule has 0 N–H and O–H groups in total. The molecule has 1 aliphatic carbocycles. The van der Waals surface area contributed by atoms with Crippen LogP contribution in [0.5, 0.6) is 11.5 Å². The lowest BCUT2D eigenvalue weighted by Crippen LogP contribution is -2.18. The van der Waals surface area contributed by atoms with E-state index < -0.39 is 0 Å². The quantitative estimate of drug-likeness (QED) is 0.321. The van der Waals surface area contributed by atoms with Crippen LogP contribution in [0.4, 0.5) is 0 Å². The number of esters is 2. The highest BCUT2D eigenvalue weighted by molar-refractivity contribution is 5.97. The number of rotatable bonds is 8. The molecule has 2 aromatic carbocycles. The molecular weight excluding hydrogens is 400 g/mol. The first-order valence-electron chi connectivity index (χ1n) is 12.1. The second kappa shape index (κ2) is 11.3. The summed E-state index contributed by atoms with van der Waals surface area (Å²) in [6.45, 7) is 7.66. The summed E-state index contributed by atoms with van der Waals surface area (Å²) in [5, 5.41) is 1.55. The number of hydrogen-bond donors (Lipinski definition) is 0. The highest BCUT2D eigenvalue weighted by Gasteiger charge is 2.19. The van der Waals surface area contributed by atoms with Gasteiger partial charge in [0.2, 0.25) is 0 Å². The molecule has 0 spiro atoms. The van der Waals surface area contributed by atoms with E-state index in [1.807, 2.05) is 45.9 Å². The number of benzene rings is 2. The molecular formula is C28H36O4. The maximum atomic E-state index is 12.5. The number of carbonyl (C=O) groups excluding carboxylic acids is 2. The van der Waals surface area contributed by atoms with Gasteiger partial charge in [0, 0.05) is 10.8 Å². The standard InChI is InChI=1S/C28H36O4/c1-5-19(3)27(29)31-25-16-17-26(32-28(30)20(4)6-2)24-18-22(14-15-23(24)25)13-12-21-10-8-7-9-11-21/h12-21H,5-11H2,1-4H3/b13-12+. The molecule has 2 aromatic rings. The van der Waals surface area contributed by atoms with Crippen molar-refractivity contribution in [3.8, 4) is 11.5 Å². The first-order valence-corrected chi connectivity index (χ1v) is 12.1. The van der Waals surface area contributed by atoms with Gasteiger partial charge >= 0.3 is 11.9 Å². The first kappa shape index (κ1) is 24.0. The molecule has 0 saturated heterocycles. The lowest BCUT2D eigenvalue weighted by molar-refractivity contribution is -0.139. The van der Waals surface area contributed by atoms with Gasteiger partial charge in [-0.3, -0.25) is 9.59 Å². The third-order valence-corrected chi connectivity index (χ3v) is 6.62. The van der Waals surface area contributed by atoms with E-state index in [9.17, 15) is 9.59 Å². The largest absolute Gasteiger partial charge is 0.426 e. The van der Waals surface area contributed by atoms with Crippen molar-refractivity contribution >= 4 is 28.8 Å². The van der Waals surface area contributed by atoms with Gasteiger partial charge in [-0.25, -0.2) is 0 Å². The predicted molar refractivity (Wildman–Crippen MR) is 130 cm³/mol. The van der Waals surface area contributed by atoms with Crippen LogP contribution < -0.4 is 9.47 Å². The minimum atomic E-state index is -0.251. The van der Waals surface area contributed by atoms with Crippen molar-refractivity contribution < 1.29 is 19.1 Å². The molecule has 0 aliphatic heterocycles. The van der Waals surface area contributed by atoms with Crippen molar-refractivity contribution in [2.45, 2.75) is 72.6 Å². The van der Waals surface area contributed by atoms with Crippen molar-refractivity contribution in [2.75, 3.05) is 0 Å². The zero-order chi connectivity index (χ0) is 23.1. The fourth-order valence-corrected chi connectivity index (χ4v) is 3.92. The predicted octanol–water partition coefficient (Wildman–Crippen LogP) is 7.34. The smallest absolute Gasteiger partial charge is 0.314 e. The van der Waals surface area contributed by atoms with Crippen LogP contribution in [0.2, 0.25) is 0 Å². The van der Waals surface area contributed by atoms with Gasteiger partial charge in [-0.05, 0) is 61.4 Å². The summed E-state index contributed by atoms with van der Waals surface area (Å²) in [6.07, 6.45) is 12.3. The molecule has 32 heavy (non-hydrogen) atoms. The zero-order valence-electron chi connectivity index (χ0n) is 19.9. The van der Waals surface area contributed by atoms with Crippen LogP contribution in [-0.2, 0) is 9.59 Å². The molecule has 0 aromatic heterocycles. The minimum absolute atomic E-state index is 0.175. The van der Waals surface area contributed by atoms with Gasteiger partial charge in [-0.1, -0.05) is 65.2 Å². The van der Waals surface area contributed by atoms with Gasteiger partial charge in [0.15, 0.2) is 0 Å². The topological polar surface area (TPSA) is 52.6 Å². The summed E-state index contributed by atoms with van der Waals surface area (Å²) in [5.41, 5.74) is 1.05. The Morgan fingerprint density at radius 1 is 0.875 bits per heavy atom. The molecule has 0 amide bonds. The van der Waals surface area contributed by atoms with E-state index in [1.54, 1.807) is 12.1 Å². The summed E-state index contributed by atoms with van der Waals surface area (Å²) in [7, 11) is 0. The normalized spacial score (nSPS) is 16.8. The summed E-state index contributed by atoms with van der Waals surface area (Å²) in [6, 6.07) is 9.46. The van der Waals surface area contributed by atoms with Crippen molar-refractivity contribution in [3.05, 3.63) is 42.0 Å². The average Bonchev–Trinajstić information content (AvgIpc) is 2.83. The van der Waals surface area contributed by atoms with E-state index in [-0.39, 0.29) is 23.8 Å². The molecule has 4 nitrogen and oxygen atoms in total. The molecule has 172 valence electrons. The molecule has 2 atom stereocenters. The van der Waals surface area contributed by atoms with Crippen molar-refractivity contribution in [1.29, 1.82) is 0 Å². The number of ether oxygens (including phenoxy) is 2. The maximum absolute atomic E-state index is 12.5. The van der Waals surface area contributed by atoms with E-state index >= 15 is 0 Å². The molecule has 1 fully saturated rings. The fourth-order valence-electron chi connectivity index (χ4n) is 3.92. The average molecular weight is 437 g/mol. The van der Waals surface area contributed by atoms with Crippen LogP contribution in [0.25, 0.3) is 16.8 Å². The van der Waals surface area contributed by atoms with Crippen molar-refractivity contribution in [1.82, 2.24) is 0 Å². The number of fused-ring (bicyclic) bond motifs is 1. The van der Waals surface area contributed by atoms with Gasteiger partial charge < -0.3 is 9.47 Å². The summed E-state index contributed by atoms with van der Waals surface area (Å²) in [4.78, 5) is 24.9. The van der Waals surface area contributed by atoms with Crippen molar-refractivity contribution in [2.24, 2.45) is 17.8 Å². The van der Waals surface area contributed by atoms with Crippen LogP contribution >= 0.6 is 0 Å². The van der Waals surface area contributed by atoms with E-state index in [2.05, 4.69) is 12.2 Å². The third kappa shape index (κ3) is 5.99. The first-order chi connectivity index (χ1) is 15.4. The Hall–Kier alpha value is -2.62. The van der Waals surface area contributed by atoms with Crippen LogP contribution in [0.1, 0.15) is 78.2 Å². The molecule has 1 aliphatic rings. The molecule has 3 rings (SSSR count). The lowest BCUT2D eigenvalue weighted by atomic mass is 9.88. The molecule has 0 bridgehead atoms. The summed E-state index contributed by atoms with van der Waals surface area (Å²) < 4.78 is 11.5. The monoisotopic (exact) mass is 436 g/mol. The Labute approximate surface area is 192 Å². The Bertz CT molecular complexity index is 969. The fraction of sp³-hybridized carbons (Fsp3) is 0.500. The van der Waals surface area contributed by atoms with Gasteiger partial charge in [0.05, 0.1) is 11.8 Å². The van der Waals surface area contributed by atoms with Gasteiger partial charge in [0.25, 0.3) is 0 Å². The van der Waals surface area contributed by atoms with Gasteiger partial charge in [-0.15, -0.1) is 0 Å². The van der Waals surface area contributed by atoms with Crippen molar-refractivity contribution in [3.63, 3.8) is 0 Å². The number of carbonyl (C=O) groups is 2. The molecule has 2 unspecified atom stereocenters. The van der Waals surface area contributed by atoms with Crippen LogP contribution in [0.15, 0.2) is 36.4 Å². The number of allylic oxidation sites excluding steroid dienone is 1. The van der Waals surface area contributed by atoms with Gasteiger partial charge in [-0.2, -0.15) is 0 Å². The Kier molecular flexibility index (Phi) is 8.49. The number of hydrogen-bond acceptors (Lipinski definition) is 4. The Morgan fingerprint density at radius 3 is 2.00 bits per heavy atom. The SMILES string of the molecule is CCC(C)C(=O)Oc1ccc(OC(=O)C(C)CC)c2cc(/C=C/C3CCCCC3)ccc12. The zero-order valence-corrected chi connectivity index (χ0v) is 19.9. The van der Waals surface area contributed by atoms with E-state index in [0.717, 1.165) is 29.2 Å². The summed E-state index contributed by atoms with van der Waals surface area (Å²) in [5.74, 6) is 0.775. The van der Waals surface area contributed by atoms with E-state index in [4.69, 9.17) is 9.47 Å². The maximum Gasteiger partial charge on any atom is 0.314 e. The Morgan fingerprint density at radius 2 is 1.44 bits per heavy atom. The molecule has 4 heteroatoms. The third-order valence-electron chi connectivity index (χ3n) is 6.62. The van der Waals surface area contributed by atoms with E-state index in [0.29, 0.717) is 17.4 Å². The van der Waals surface area contributed by atoms with Crippen LogP contribution in [-0.4, -0.2) is 11.9 Å². The molecule has 0 heterocycles.